The molecule has 0 spiro atoms. The normalized spacial score (nSPS) is 29.8. The molecule has 1 aliphatic carbocycles. The predicted octanol–water partition coefficient (Wildman–Crippen LogP) is 3.75. The van der Waals surface area contributed by atoms with Crippen molar-refractivity contribution in [2.45, 2.75) is 52.5 Å². The van der Waals surface area contributed by atoms with Crippen molar-refractivity contribution in [2.75, 3.05) is 11.9 Å². The largest absolute Gasteiger partial charge is 0.339 e. The van der Waals surface area contributed by atoms with E-state index in [4.69, 9.17) is 0 Å². The van der Waals surface area contributed by atoms with E-state index in [2.05, 4.69) is 19.2 Å². The minimum Gasteiger partial charge on any atom is -0.339 e. The summed E-state index contributed by atoms with van der Waals surface area (Å²) in [6.45, 7) is 6.76. The summed E-state index contributed by atoms with van der Waals surface area (Å²) in [6, 6.07) is 4.58. The second-order valence-corrected chi connectivity index (χ2v) is 7.73. The molecule has 0 unspecified atom stereocenters. The Hall–Kier alpha value is -1.91. The number of amides is 2. The number of carbonyl (C=O) groups is 2. The molecule has 25 heavy (non-hydrogen) atoms. The fourth-order valence-electron chi connectivity index (χ4n) is 4.19. The maximum atomic E-state index is 13.4. The smallest absolute Gasteiger partial charge is 0.229 e. The second kappa shape index (κ2) is 7.14. The number of nitrogens with zero attached hydrogens (tertiary/aromatic N) is 1. The Balaban J connectivity index is 1.67. The van der Waals surface area contributed by atoms with Crippen LogP contribution in [0, 0.1) is 30.5 Å². The zero-order chi connectivity index (χ0) is 18.1. The fourth-order valence-corrected chi connectivity index (χ4v) is 4.19. The van der Waals surface area contributed by atoms with Gasteiger partial charge in [-0.3, -0.25) is 9.59 Å². The van der Waals surface area contributed by atoms with Gasteiger partial charge < -0.3 is 10.2 Å². The van der Waals surface area contributed by atoms with Gasteiger partial charge in [0.25, 0.3) is 0 Å². The highest BCUT2D eigenvalue weighted by Crippen LogP contribution is 2.36. The lowest BCUT2D eigenvalue weighted by molar-refractivity contribution is -0.131. The van der Waals surface area contributed by atoms with Gasteiger partial charge >= 0.3 is 0 Å². The molecule has 1 aliphatic heterocycles. The molecule has 5 heteroatoms. The number of hydrogen-bond donors (Lipinski definition) is 1. The number of nitrogens with one attached hydrogen (secondary N) is 1. The molecular formula is C20H27FN2O2. The predicted molar refractivity (Wildman–Crippen MR) is 95.6 cm³/mol. The fraction of sp³-hybridized carbons (Fsp3) is 0.600. The third kappa shape index (κ3) is 3.70. The van der Waals surface area contributed by atoms with Crippen LogP contribution in [0.5, 0.6) is 0 Å². The molecule has 3 rings (SSSR count). The number of likely N-dealkylation sites (tertiary alicyclic amines) is 1. The molecule has 1 aromatic carbocycles. The van der Waals surface area contributed by atoms with Gasteiger partial charge in [0.05, 0.1) is 5.92 Å². The van der Waals surface area contributed by atoms with Crippen molar-refractivity contribution < 1.29 is 14.0 Å². The molecule has 1 N–H and O–H groups in total. The first-order valence-corrected chi connectivity index (χ1v) is 9.23. The molecule has 0 bridgehead atoms. The molecule has 4 atom stereocenters. The Morgan fingerprint density at radius 1 is 1.28 bits per heavy atom. The Bertz CT molecular complexity index is 676. The zero-order valence-corrected chi connectivity index (χ0v) is 15.2. The molecule has 1 aromatic rings. The van der Waals surface area contributed by atoms with Crippen LogP contribution in [0.3, 0.4) is 0 Å². The minimum atomic E-state index is -0.380. The van der Waals surface area contributed by atoms with Crippen molar-refractivity contribution in [3.05, 3.63) is 29.6 Å². The van der Waals surface area contributed by atoms with Crippen LogP contribution in [0.15, 0.2) is 18.2 Å². The summed E-state index contributed by atoms with van der Waals surface area (Å²) >= 11 is 0. The van der Waals surface area contributed by atoms with Crippen LogP contribution in [-0.2, 0) is 9.59 Å². The second-order valence-electron chi connectivity index (χ2n) is 7.73. The monoisotopic (exact) mass is 346 g/mol. The van der Waals surface area contributed by atoms with Crippen LogP contribution in [0.1, 0.15) is 45.1 Å². The lowest BCUT2D eigenvalue weighted by atomic mass is 9.77. The topological polar surface area (TPSA) is 49.4 Å². The summed E-state index contributed by atoms with van der Waals surface area (Å²) in [6.07, 6.45) is 3.62. The number of halogens is 1. The van der Waals surface area contributed by atoms with Crippen LogP contribution in [0.2, 0.25) is 0 Å². The molecule has 0 aromatic heterocycles. The number of anilines is 1. The van der Waals surface area contributed by atoms with E-state index in [-0.39, 0.29) is 36.0 Å². The average molecular weight is 346 g/mol. The van der Waals surface area contributed by atoms with Gasteiger partial charge in [-0.15, -0.1) is 0 Å². The van der Waals surface area contributed by atoms with Crippen LogP contribution < -0.4 is 5.32 Å². The van der Waals surface area contributed by atoms with E-state index in [9.17, 15) is 14.0 Å². The van der Waals surface area contributed by atoms with Gasteiger partial charge in [-0.05, 0) is 42.9 Å². The van der Waals surface area contributed by atoms with E-state index in [1.807, 2.05) is 11.8 Å². The number of carbonyl (C=O) groups excluding carboxylic acids is 2. The Labute approximate surface area is 148 Å². The number of hydrogen-bond acceptors (Lipinski definition) is 2. The molecule has 0 radical (unpaired) electrons. The van der Waals surface area contributed by atoms with Crippen LogP contribution in [-0.4, -0.2) is 29.3 Å². The van der Waals surface area contributed by atoms with Crippen molar-refractivity contribution in [1.82, 2.24) is 4.90 Å². The van der Waals surface area contributed by atoms with E-state index in [0.717, 1.165) is 18.4 Å². The Morgan fingerprint density at radius 3 is 2.80 bits per heavy atom. The lowest BCUT2D eigenvalue weighted by Crippen LogP contribution is -2.45. The summed E-state index contributed by atoms with van der Waals surface area (Å²) in [4.78, 5) is 27.0. The highest BCUT2D eigenvalue weighted by atomic mass is 19.1. The number of rotatable bonds is 3. The summed E-state index contributed by atoms with van der Waals surface area (Å²) in [7, 11) is 0. The average Bonchev–Trinajstić information content (AvgIpc) is 2.95. The molecule has 1 saturated heterocycles. The van der Waals surface area contributed by atoms with E-state index in [1.165, 1.54) is 18.6 Å². The quantitative estimate of drug-likeness (QED) is 0.906. The summed E-state index contributed by atoms with van der Waals surface area (Å²) in [5.74, 6) is 0.206. The van der Waals surface area contributed by atoms with E-state index in [1.54, 1.807) is 6.07 Å². The highest BCUT2D eigenvalue weighted by Gasteiger charge is 2.41. The lowest BCUT2D eigenvalue weighted by Gasteiger charge is -2.40. The van der Waals surface area contributed by atoms with Gasteiger partial charge in [0.2, 0.25) is 11.8 Å². The summed E-state index contributed by atoms with van der Waals surface area (Å²) < 4.78 is 13.4. The molecule has 2 amide bonds. The summed E-state index contributed by atoms with van der Waals surface area (Å²) in [5, 5.41) is 2.80. The molecule has 4 nitrogen and oxygen atoms in total. The van der Waals surface area contributed by atoms with Gasteiger partial charge in [-0.1, -0.05) is 32.8 Å². The van der Waals surface area contributed by atoms with Gasteiger partial charge in [0, 0.05) is 24.7 Å². The molecule has 2 fully saturated rings. The molecule has 136 valence electrons. The Morgan fingerprint density at radius 2 is 2.04 bits per heavy atom. The van der Waals surface area contributed by atoms with Gasteiger partial charge in [-0.2, -0.15) is 0 Å². The maximum Gasteiger partial charge on any atom is 0.229 e. The van der Waals surface area contributed by atoms with Gasteiger partial charge in [0.15, 0.2) is 0 Å². The van der Waals surface area contributed by atoms with E-state index < -0.39 is 0 Å². The molecule has 1 saturated carbocycles. The van der Waals surface area contributed by atoms with Crippen molar-refractivity contribution in [1.29, 1.82) is 0 Å². The van der Waals surface area contributed by atoms with E-state index >= 15 is 0 Å². The zero-order valence-electron chi connectivity index (χ0n) is 15.2. The van der Waals surface area contributed by atoms with Crippen molar-refractivity contribution in [2.24, 2.45) is 17.8 Å². The number of benzene rings is 1. The first kappa shape index (κ1) is 17.9. The van der Waals surface area contributed by atoms with E-state index in [0.29, 0.717) is 24.1 Å². The van der Waals surface area contributed by atoms with Crippen LogP contribution >= 0.6 is 0 Å². The van der Waals surface area contributed by atoms with Crippen molar-refractivity contribution >= 4 is 17.5 Å². The third-order valence-electron chi connectivity index (χ3n) is 6.05. The van der Waals surface area contributed by atoms with Crippen molar-refractivity contribution in [3.8, 4) is 0 Å². The van der Waals surface area contributed by atoms with Gasteiger partial charge in [-0.25, -0.2) is 4.39 Å². The molecular weight excluding hydrogens is 319 g/mol. The van der Waals surface area contributed by atoms with Crippen LogP contribution in [0.4, 0.5) is 10.1 Å². The Kier molecular flexibility index (Phi) is 5.11. The first-order valence-electron chi connectivity index (χ1n) is 9.23. The van der Waals surface area contributed by atoms with Gasteiger partial charge in [0.1, 0.15) is 5.82 Å². The first-order chi connectivity index (χ1) is 11.9. The molecule has 1 heterocycles. The number of aryl methyl sites for hydroxylation is 1. The van der Waals surface area contributed by atoms with Crippen LogP contribution in [0.25, 0.3) is 0 Å². The van der Waals surface area contributed by atoms with Crippen molar-refractivity contribution in [3.63, 3.8) is 0 Å². The molecule has 2 aliphatic rings. The third-order valence-corrected chi connectivity index (χ3v) is 6.05. The minimum absolute atomic E-state index is 0.0714. The summed E-state index contributed by atoms with van der Waals surface area (Å²) in [5.41, 5.74) is 1.29. The highest BCUT2D eigenvalue weighted by molar-refractivity contribution is 5.97. The maximum absolute atomic E-state index is 13.4. The SMILES string of the molecule is Cc1ccc(F)cc1NC(=O)[C@@H]1CC(=O)N([C@@H]2CCC[C@H](C)[C@@H]2C)C1. The standard InChI is InChI=1S/C20H27FN2O2/c1-12-5-4-6-18(14(12)3)23-11-15(9-19(23)24)20(25)22-17-10-16(21)8-7-13(17)2/h7-8,10,12,14-15,18H,4-6,9,11H2,1-3H3,(H,22,25)/t12-,14-,15+,18+/m0/s1.